The van der Waals surface area contributed by atoms with Gasteiger partial charge in [0.2, 0.25) is 0 Å². The summed E-state index contributed by atoms with van der Waals surface area (Å²) in [6.07, 6.45) is 3.10. The van der Waals surface area contributed by atoms with Crippen molar-refractivity contribution < 1.29 is 14.6 Å². The van der Waals surface area contributed by atoms with Gasteiger partial charge in [0.25, 0.3) is 0 Å². The molecule has 0 amide bonds. The molecule has 1 aromatic carbocycles. The topological polar surface area (TPSA) is 46.5 Å². The zero-order valence-electron chi connectivity index (χ0n) is 11.2. The molecule has 0 radical (unpaired) electrons. The number of hydrogen-bond acceptors (Lipinski definition) is 2. The average Bonchev–Trinajstić information content (AvgIpc) is 2.35. The lowest BCUT2D eigenvalue weighted by Gasteiger charge is -2.12. The zero-order chi connectivity index (χ0) is 13.4. The van der Waals surface area contributed by atoms with Crippen LogP contribution in [-0.4, -0.2) is 17.7 Å². The number of rotatable bonds is 8. The maximum atomic E-state index is 10.5. The van der Waals surface area contributed by atoms with Crippen LogP contribution >= 0.6 is 0 Å². The van der Waals surface area contributed by atoms with E-state index in [-0.39, 0.29) is 6.42 Å². The van der Waals surface area contributed by atoms with Gasteiger partial charge in [-0.3, -0.25) is 4.79 Å². The van der Waals surface area contributed by atoms with E-state index >= 15 is 0 Å². The maximum Gasteiger partial charge on any atom is 0.303 e. The molecule has 0 bridgehead atoms. The average molecular weight is 250 g/mol. The Bertz CT molecular complexity index is 357. The van der Waals surface area contributed by atoms with Crippen molar-refractivity contribution in [2.24, 2.45) is 5.92 Å². The first-order chi connectivity index (χ1) is 8.61. The van der Waals surface area contributed by atoms with Gasteiger partial charge >= 0.3 is 5.97 Å². The lowest BCUT2D eigenvalue weighted by Crippen LogP contribution is -2.08. The van der Waals surface area contributed by atoms with E-state index < -0.39 is 5.97 Å². The van der Waals surface area contributed by atoms with Crippen LogP contribution in [0.2, 0.25) is 0 Å². The van der Waals surface area contributed by atoms with E-state index in [0.29, 0.717) is 12.3 Å². The highest BCUT2D eigenvalue weighted by molar-refractivity contribution is 5.67. The second-order valence-corrected chi connectivity index (χ2v) is 4.74. The van der Waals surface area contributed by atoms with Crippen LogP contribution < -0.4 is 4.74 Å². The van der Waals surface area contributed by atoms with Crippen molar-refractivity contribution in [1.29, 1.82) is 0 Å². The largest absolute Gasteiger partial charge is 0.493 e. The summed E-state index contributed by atoms with van der Waals surface area (Å²) < 4.78 is 5.68. The van der Waals surface area contributed by atoms with E-state index in [2.05, 4.69) is 13.8 Å². The number of carboxylic acids is 1. The van der Waals surface area contributed by atoms with Gasteiger partial charge in [-0.1, -0.05) is 32.4 Å². The predicted octanol–water partition coefficient (Wildman–Crippen LogP) is 3.52. The van der Waals surface area contributed by atoms with Gasteiger partial charge in [0.15, 0.2) is 0 Å². The fourth-order valence-corrected chi connectivity index (χ4v) is 1.82. The first-order valence-corrected chi connectivity index (χ1v) is 6.55. The molecule has 0 aliphatic rings. The van der Waals surface area contributed by atoms with Gasteiger partial charge in [-0.2, -0.15) is 0 Å². The Morgan fingerprint density at radius 3 is 2.56 bits per heavy atom. The van der Waals surface area contributed by atoms with Gasteiger partial charge in [-0.25, -0.2) is 0 Å². The first kappa shape index (κ1) is 14.6. The summed E-state index contributed by atoms with van der Waals surface area (Å²) in [5, 5.41) is 8.60. The molecular formula is C15H22O3. The van der Waals surface area contributed by atoms with Crippen LogP contribution in [0.25, 0.3) is 0 Å². The normalized spacial score (nSPS) is 12.1. The van der Waals surface area contributed by atoms with E-state index in [9.17, 15) is 4.79 Å². The zero-order valence-corrected chi connectivity index (χ0v) is 11.2. The number of carbonyl (C=O) groups is 1. The van der Waals surface area contributed by atoms with E-state index in [1.807, 2.05) is 24.3 Å². The molecule has 3 heteroatoms. The summed E-state index contributed by atoms with van der Waals surface area (Å²) in [4.78, 5) is 10.5. The SMILES string of the molecule is CCC[C@H](C)COc1ccc(CCC(=O)O)cc1. The molecule has 0 saturated heterocycles. The van der Waals surface area contributed by atoms with Gasteiger partial charge in [0, 0.05) is 6.42 Å². The fourth-order valence-electron chi connectivity index (χ4n) is 1.82. The van der Waals surface area contributed by atoms with Crippen LogP contribution in [-0.2, 0) is 11.2 Å². The van der Waals surface area contributed by atoms with Crippen molar-refractivity contribution in [3.63, 3.8) is 0 Å². The Morgan fingerprint density at radius 2 is 2.00 bits per heavy atom. The second kappa shape index (κ2) is 7.75. The van der Waals surface area contributed by atoms with Crippen molar-refractivity contribution >= 4 is 5.97 Å². The summed E-state index contributed by atoms with van der Waals surface area (Å²) in [5.74, 6) is 0.669. The summed E-state index contributed by atoms with van der Waals surface area (Å²) in [5.41, 5.74) is 1.03. The third kappa shape index (κ3) is 5.71. The van der Waals surface area contributed by atoms with Crippen LogP contribution in [0.3, 0.4) is 0 Å². The minimum Gasteiger partial charge on any atom is -0.493 e. The highest BCUT2D eigenvalue weighted by Gasteiger charge is 2.03. The maximum absolute atomic E-state index is 10.5. The Hall–Kier alpha value is -1.51. The molecule has 0 unspecified atom stereocenters. The van der Waals surface area contributed by atoms with E-state index in [1.165, 1.54) is 12.8 Å². The number of aryl methyl sites for hydroxylation is 1. The minimum atomic E-state index is -0.760. The van der Waals surface area contributed by atoms with Gasteiger partial charge in [0.1, 0.15) is 5.75 Å². The summed E-state index contributed by atoms with van der Waals surface area (Å²) in [6.45, 7) is 5.10. The molecule has 1 atom stereocenters. The van der Waals surface area contributed by atoms with Crippen LogP contribution in [0.1, 0.15) is 38.7 Å². The minimum absolute atomic E-state index is 0.174. The van der Waals surface area contributed by atoms with Crippen LogP contribution in [0.4, 0.5) is 0 Å². The molecule has 0 aliphatic carbocycles. The lowest BCUT2D eigenvalue weighted by molar-refractivity contribution is -0.136. The fraction of sp³-hybridized carbons (Fsp3) is 0.533. The summed E-state index contributed by atoms with van der Waals surface area (Å²) >= 11 is 0. The molecule has 0 aliphatic heterocycles. The number of hydrogen-bond donors (Lipinski definition) is 1. The highest BCUT2D eigenvalue weighted by atomic mass is 16.5. The quantitative estimate of drug-likeness (QED) is 0.768. The molecule has 0 spiro atoms. The number of ether oxygens (including phenoxy) is 1. The smallest absolute Gasteiger partial charge is 0.303 e. The van der Waals surface area contributed by atoms with Crippen molar-refractivity contribution in [3.8, 4) is 5.75 Å². The predicted molar refractivity (Wildman–Crippen MR) is 72.0 cm³/mol. The Labute approximate surface area is 109 Å². The molecule has 0 heterocycles. The summed E-state index contributed by atoms with van der Waals surface area (Å²) in [7, 11) is 0. The third-order valence-corrected chi connectivity index (χ3v) is 2.87. The second-order valence-electron chi connectivity index (χ2n) is 4.74. The molecule has 0 aromatic heterocycles. The van der Waals surface area contributed by atoms with Gasteiger partial charge < -0.3 is 9.84 Å². The number of benzene rings is 1. The highest BCUT2D eigenvalue weighted by Crippen LogP contribution is 2.15. The molecule has 3 nitrogen and oxygen atoms in total. The molecule has 100 valence electrons. The lowest BCUT2D eigenvalue weighted by atomic mass is 10.1. The van der Waals surface area contributed by atoms with Gasteiger partial charge in [-0.05, 0) is 36.5 Å². The monoisotopic (exact) mass is 250 g/mol. The number of carboxylic acid groups (broad SMARTS) is 1. The molecule has 18 heavy (non-hydrogen) atoms. The molecule has 1 rings (SSSR count). The standard InChI is InChI=1S/C15H22O3/c1-3-4-12(2)11-18-14-8-5-13(6-9-14)7-10-15(16)17/h5-6,8-9,12H,3-4,7,10-11H2,1-2H3,(H,16,17)/t12-/m0/s1. The van der Waals surface area contributed by atoms with Crippen LogP contribution in [0.15, 0.2) is 24.3 Å². The third-order valence-electron chi connectivity index (χ3n) is 2.87. The number of aliphatic carboxylic acids is 1. The molecule has 0 fully saturated rings. The van der Waals surface area contributed by atoms with Crippen LogP contribution in [0, 0.1) is 5.92 Å². The Kier molecular flexibility index (Phi) is 6.26. The Balaban J connectivity index is 2.38. The van der Waals surface area contributed by atoms with E-state index in [4.69, 9.17) is 9.84 Å². The van der Waals surface area contributed by atoms with Crippen LogP contribution in [0.5, 0.6) is 5.75 Å². The molecular weight excluding hydrogens is 228 g/mol. The molecule has 1 aromatic rings. The van der Waals surface area contributed by atoms with E-state index in [0.717, 1.165) is 17.9 Å². The van der Waals surface area contributed by atoms with Crippen molar-refractivity contribution in [2.45, 2.75) is 39.5 Å². The van der Waals surface area contributed by atoms with Crippen molar-refractivity contribution in [3.05, 3.63) is 29.8 Å². The molecule has 1 N–H and O–H groups in total. The van der Waals surface area contributed by atoms with Crippen molar-refractivity contribution in [2.75, 3.05) is 6.61 Å². The van der Waals surface area contributed by atoms with Crippen molar-refractivity contribution in [1.82, 2.24) is 0 Å². The summed E-state index contributed by atoms with van der Waals surface area (Å²) in [6, 6.07) is 7.69. The van der Waals surface area contributed by atoms with Gasteiger partial charge in [0.05, 0.1) is 6.61 Å². The molecule has 0 saturated carbocycles. The van der Waals surface area contributed by atoms with E-state index in [1.54, 1.807) is 0 Å². The van der Waals surface area contributed by atoms with Gasteiger partial charge in [-0.15, -0.1) is 0 Å². The first-order valence-electron chi connectivity index (χ1n) is 6.55. The Morgan fingerprint density at radius 1 is 1.33 bits per heavy atom.